The van der Waals surface area contributed by atoms with Gasteiger partial charge in [-0.3, -0.25) is 4.31 Å². The molecule has 0 aromatic heterocycles. The molecule has 0 radical (unpaired) electrons. The lowest BCUT2D eigenvalue weighted by molar-refractivity contribution is 0.415. The number of ether oxygens (including phenoxy) is 1. The van der Waals surface area contributed by atoms with Crippen LogP contribution in [0.4, 0.5) is 5.69 Å². The van der Waals surface area contributed by atoms with Crippen molar-refractivity contribution < 1.29 is 13.2 Å². The van der Waals surface area contributed by atoms with E-state index in [1.165, 1.54) is 4.31 Å². The maximum absolute atomic E-state index is 12.7. The van der Waals surface area contributed by atoms with Crippen LogP contribution >= 0.6 is 0 Å². The quantitative estimate of drug-likeness (QED) is 0.852. The van der Waals surface area contributed by atoms with Gasteiger partial charge in [-0.05, 0) is 50.2 Å². The molecule has 5 heteroatoms. The van der Waals surface area contributed by atoms with Crippen molar-refractivity contribution in [1.82, 2.24) is 0 Å². The minimum absolute atomic E-state index is 0.297. The summed E-state index contributed by atoms with van der Waals surface area (Å²) in [5.74, 6) is 0.697. The summed E-state index contributed by atoms with van der Waals surface area (Å²) in [4.78, 5) is 0.297. The highest BCUT2D eigenvalue weighted by Crippen LogP contribution is 2.25. The number of sulfonamides is 1. The van der Waals surface area contributed by atoms with Crippen molar-refractivity contribution >= 4 is 15.7 Å². The van der Waals surface area contributed by atoms with Crippen molar-refractivity contribution in [3.8, 4) is 5.75 Å². The molecule has 0 N–H and O–H groups in total. The van der Waals surface area contributed by atoms with Crippen LogP contribution < -0.4 is 9.04 Å². The molecule has 0 fully saturated rings. The van der Waals surface area contributed by atoms with Gasteiger partial charge in [-0.1, -0.05) is 17.7 Å². The van der Waals surface area contributed by atoms with E-state index < -0.39 is 10.0 Å². The molecule has 2 aromatic rings. The Bertz CT molecular complexity index is 691. The summed E-state index contributed by atoms with van der Waals surface area (Å²) in [7, 11) is -1.97. The zero-order chi connectivity index (χ0) is 15.5. The Kier molecular flexibility index (Phi) is 4.53. The summed E-state index contributed by atoms with van der Waals surface area (Å²) in [6, 6.07) is 13.9. The molecule has 0 unspecified atom stereocenters. The number of rotatable bonds is 5. The maximum Gasteiger partial charge on any atom is 0.264 e. The third-order valence-corrected chi connectivity index (χ3v) is 5.17. The normalized spacial score (nSPS) is 11.2. The van der Waals surface area contributed by atoms with Gasteiger partial charge < -0.3 is 4.74 Å². The zero-order valence-corrected chi connectivity index (χ0v) is 13.2. The first-order valence-corrected chi connectivity index (χ1v) is 8.16. The van der Waals surface area contributed by atoms with Crippen molar-refractivity contribution in [2.75, 3.05) is 18.0 Å². The number of methoxy groups -OCH3 is 1. The van der Waals surface area contributed by atoms with Crippen LogP contribution in [0.1, 0.15) is 12.5 Å². The average molecular weight is 305 g/mol. The fourth-order valence-electron chi connectivity index (χ4n) is 2.08. The molecular weight excluding hydrogens is 286 g/mol. The van der Waals surface area contributed by atoms with E-state index in [9.17, 15) is 8.42 Å². The van der Waals surface area contributed by atoms with Crippen molar-refractivity contribution in [3.05, 3.63) is 54.1 Å². The van der Waals surface area contributed by atoms with Crippen LogP contribution in [0.15, 0.2) is 53.4 Å². The molecule has 0 amide bonds. The first-order valence-electron chi connectivity index (χ1n) is 6.72. The lowest BCUT2D eigenvalue weighted by atomic mass is 10.2. The Hall–Kier alpha value is -2.01. The standard InChI is InChI=1S/C16H19NO3S/c1-4-17(14-7-9-15(20-3)10-8-14)21(18,19)16-11-5-13(2)6-12-16/h5-12H,4H2,1-3H3. The summed E-state index contributed by atoms with van der Waals surface area (Å²) in [6.07, 6.45) is 0. The van der Waals surface area contributed by atoms with Gasteiger partial charge in [0.05, 0.1) is 17.7 Å². The van der Waals surface area contributed by atoms with Crippen molar-refractivity contribution in [2.24, 2.45) is 0 Å². The zero-order valence-electron chi connectivity index (χ0n) is 12.4. The van der Waals surface area contributed by atoms with Gasteiger partial charge in [-0.25, -0.2) is 8.42 Å². The van der Waals surface area contributed by atoms with Gasteiger partial charge in [0, 0.05) is 6.54 Å². The largest absolute Gasteiger partial charge is 0.497 e. The third-order valence-electron chi connectivity index (χ3n) is 3.26. The van der Waals surface area contributed by atoms with Crippen LogP contribution in [0.2, 0.25) is 0 Å². The fourth-order valence-corrected chi connectivity index (χ4v) is 3.55. The molecule has 0 aliphatic heterocycles. The lowest BCUT2D eigenvalue weighted by Crippen LogP contribution is -2.30. The molecule has 0 saturated carbocycles. The molecule has 2 aromatic carbocycles. The second-order valence-electron chi connectivity index (χ2n) is 4.68. The second kappa shape index (κ2) is 6.18. The van der Waals surface area contributed by atoms with Gasteiger partial charge >= 0.3 is 0 Å². The predicted octanol–water partition coefficient (Wildman–Crippen LogP) is 3.22. The molecular formula is C16H19NO3S. The molecule has 0 saturated heterocycles. The summed E-state index contributed by atoms with van der Waals surface area (Å²) in [6.45, 7) is 4.11. The molecule has 0 aliphatic rings. The van der Waals surface area contributed by atoms with Gasteiger partial charge in [0.15, 0.2) is 0 Å². The van der Waals surface area contributed by atoms with Gasteiger partial charge in [-0.2, -0.15) is 0 Å². The van der Waals surface area contributed by atoms with E-state index in [2.05, 4.69) is 0 Å². The van der Waals surface area contributed by atoms with Crippen molar-refractivity contribution in [2.45, 2.75) is 18.7 Å². The molecule has 4 nitrogen and oxygen atoms in total. The van der Waals surface area contributed by atoms with Gasteiger partial charge in [0.25, 0.3) is 10.0 Å². The topological polar surface area (TPSA) is 46.6 Å². The molecule has 0 atom stereocenters. The Morgan fingerprint density at radius 3 is 2.05 bits per heavy atom. The lowest BCUT2D eigenvalue weighted by Gasteiger charge is -2.23. The first-order chi connectivity index (χ1) is 9.98. The minimum atomic E-state index is -3.55. The van der Waals surface area contributed by atoms with Gasteiger partial charge in [0.1, 0.15) is 5.75 Å². The molecule has 0 bridgehead atoms. The SMILES string of the molecule is CCN(c1ccc(OC)cc1)S(=O)(=O)c1ccc(C)cc1. The van der Waals surface area contributed by atoms with Crippen molar-refractivity contribution in [3.63, 3.8) is 0 Å². The summed E-state index contributed by atoms with van der Waals surface area (Å²) in [5.41, 5.74) is 1.65. The summed E-state index contributed by atoms with van der Waals surface area (Å²) < 4.78 is 31.9. The molecule has 0 aliphatic carbocycles. The van der Waals surface area contributed by atoms with E-state index in [4.69, 9.17) is 4.74 Å². The summed E-state index contributed by atoms with van der Waals surface area (Å²) in [5, 5.41) is 0. The number of hydrogen-bond acceptors (Lipinski definition) is 3. The predicted molar refractivity (Wildman–Crippen MR) is 84.4 cm³/mol. The van der Waals surface area contributed by atoms with Crippen LogP contribution in [-0.2, 0) is 10.0 Å². The maximum atomic E-state index is 12.7. The highest BCUT2D eigenvalue weighted by molar-refractivity contribution is 7.92. The Morgan fingerprint density at radius 1 is 1.00 bits per heavy atom. The number of hydrogen-bond donors (Lipinski definition) is 0. The van der Waals surface area contributed by atoms with E-state index in [-0.39, 0.29) is 0 Å². The number of nitrogens with zero attached hydrogens (tertiary/aromatic N) is 1. The van der Waals surface area contributed by atoms with E-state index in [0.29, 0.717) is 22.9 Å². The average Bonchev–Trinajstić information content (AvgIpc) is 2.49. The van der Waals surface area contributed by atoms with E-state index in [0.717, 1.165) is 5.56 Å². The highest BCUT2D eigenvalue weighted by Gasteiger charge is 2.23. The molecule has 112 valence electrons. The Labute approximate surface area is 126 Å². The third kappa shape index (κ3) is 3.19. The van der Waals surface area contributed by atoms with Crippen LogP contribution in [0.5, 0.6) is 5.75 Å². The number of aryl methyl sites for hydroxylation is 1. The summed E-state index contributed by atoms with van der Waals surface area (Å²) >= 11 is 0. The number of benzene rings is 2. The van der Waals surface area contributed by atoms with Crippen LogP contribution in [0, 0.1) is 6.92 Å². The molecule has 0 heterocycles. The fraction of sp³-hybridized carbons (Fsp3) is 0.250. The minimum Gasteiger partial charge on any atom is -0.497 e. The second-order valence-corrected chi connectivity index (χ2v) is 6.54. The Balaban J connectivity index is 2.41. The Morgan fingerprint density at radius 2 is 1.57 bits per heavy atom. The van der Waals surface area contributed by atoms with E-state index in [1.807, 2.05) is 13.8 Å². The van der Waals surface area contributed by atoms with E-state index in [1.54, 1.807) is 55.6 Å². The molecule has 0 spiro atoms. The van der Waals surface area contributed by atoms with Crippen LogP contribution in [0.25, 0.3) is 0 Å². The smallest absolute Gasteiger partial charge is 0.264 e. The van der Waals surface area contributed by atoms with Gasteiger partial charge in [0.2, 0.25) is 0 Å². The highest BCUT2D eigenvalue weighted by atomic mass is 32.2. The molecule has 21 heavy (non-hydrogen) atoms. The van der Waals surface area contributed by atoms with E-state index >= 15 is 0 Å². The molecule has 2 rings (SSSR count). The first kappa shape index (κ1) is 15.4. The van der Waals surface area contributed by atoms with Crippen LogP contribution in [-0.4, -0.2) is 22.1 Å². The van der Waals surface area contributed by atoms with Gasteiger partial charge in [-0.15, -0.1) is 0 Å². The van der Waals surface area contributed by atoms with Crippen molar-refractivity contribution in [1.29, 1.82) is 0 Å². The monoisotopic (exact) mass is 305 g/mol. The van der Waals surface area contributed by atoms with Crippen LogP contribution in [0.3, 0.4) is 0 Å². The number of anilines is 1.